The first kappa shape index (κ1) is 10.5. The Labute approximate surface area is 82.5 Å². The molecule has 0 aliphatic heterocycles. The highest BCUT2D eigenvalue weighted by molar-refractivity contribution is 5.67. The van der Waals surface area contributed by atoms with E-state index in [0.717, 1.165) is 5.56 Å². The first-order valence-corrected chi connectivity index (χ1v) is 4.39. The molecule has 1 aromatic carbocycles. The summed E-state index contributed by atoms with van der Waals surface area (Å²) in [6.07, 6.45) is 0.553. The molecule has 14 heavy (non-hydrogen) atoms. The Morgan fingerprint density at radius 1 is 1.36 bits per heavy atom. The molecule has 0 heterocycles. The van der Waals surface area contributed by atoms with Gasteiger partial charge in [0.1, 0.15) is 0 Å². The second-order valence-corrected chi connectivity index (χ2v) is 3.30. The van der Waals surface area contributed by atoms with Gasteiger partial charge in [0.05, 0.1) is 6.42 Å². The summed E-state index contributed by atoms with van der Waals surface area (Å²) >= 11 is 0. The molecule has 0 amide bonds. The maximum absolute atomic E-state index is 10.4. The van der Waals surface area contributed by atoms with Gasteiger partial charge in [0.2, 0.25) is 0 Å². The summed E-state index contributed by atoms with van der Waals surface area (Å²) in [5.74, 6) is -0.868. The fourth-order valence-corrected chi connectivity index (χ4v) is 1.25. The minimum Gasteiger partial charge on any atom is -0.481 e. The van der Waals surface area contributed by atoms with Crippen molar-refractivity contribution >= 4 is 11.7 Å². The average Bonchev–Trinajstić information content (AvgIpc) is 2.07. The molecule has 0 saturated heterocycles. The number of rotatable bonds is 4. The molecule has 1 rings (SSSR count). The van der Waals surface area contributed by atoms with Crippen LogP contribution in [0.5, 0.6) is 0 Å². The van der Waals surface area contributed by atoms with E-state index in [1.54, 1.807) is 12.1 Å². The van der Waals surface area contributed by atoms with E-state index >= 15 is 0 Å². The second kappa shape index (κ2) is 4.62. The van der Waals surface area contributed by atoms with E-state index in [1.165, 1.54) is 0 Å². The lowest BCUT2D eigenvalue weighted by Crippen LogP contribution is -2.26. The zero-order chi connectivity index (χ0) is 10.6. The van der Waals surface area contributed by atoms with Crippen LogP contribution in [0.25, 0.3) is 0 Å². The summed E-state index contributed by atoms with van der Waals surface area (Å²) in [5, 5.41) is 8.51. The molecular formula is C10H14N2O2. The Morgan fingerprint density at radius 2 is 1.93 bits per heavy atom. The number of aliphatic carboxylic acids is 1. The van der Waals surface area contributed by atoms with Crippen molar-refractivity contribution in [2.75, 3.05) is 5.73 Å². The molecule has 0 aliphatic rings. The second-order valence-electron chi connectivity index (χ2n) is 3.30. The van der Waals surface area contributed by atoms with Crippen molar-refractivity contribution in [2.45, 2.75) is 18.9 Å². The van der Waals surface area contributed by atoms with Crippen LogP contribution in [0.15, 0.2) is 24.3 Å². The zero-order valence-corrected chi connectivity index (χ0v) is 7.81. The van der Waals surface area contributed by atoms with Gasteiger partial charge in [0.25, 0.3) is 0 Å². The van der Waals surface area contributed by atoms with Crippen LogP contribution in [0.4, 0.5) is 5.69 Å². The van der Waals surface area contributed by atoms with Crippen LogP contribution < -0.4 is 11.5 Å². The fraction of sp³-hybridized carbons (Fsp3) is 0.300. The largest absolute Gasteiger partial charge is 0.481 e. The smallest absolute Gasteiger partial charge is 0.304 e. The highest BCUT2D eigenvalue weighted by Crippen LogP contribution is 2.08. The lowest BCUT2D eigenvalue weighted by molar-refractivity contribution is -0.137. The summed E-state index contributed by atoms with van der Waals surface area (Å²) in [6.45, 7) is 0. The number of carbonyl (C=O) groups is 1. The molecule has 0 bridgehead atoms. The first-order chi connectivity index (χ1) is 6.58. The molecule has 4 nitrogen and oxygen atoms in total. The third kappa shape index (κ3) is 3.45. The van der Waals surface area contributed by atoms with Crippen LogP contribution in [0, 0.1) is 0 Å². The minimum absolute atomic E-state index is 0.00955. The molecule has 0 aliphatic carbocycles. The van der Waals surface area contributed by atoms with Gasteiger partial charge in [-0.15, -0.1) is 0 Å². The number of nitrogens with two attached hydrogens (primary N) is 2. The topological polar surface area (TPSA) is 89.3 Å². The lowest BCUT2D eigenvalue weighted by Gasteiger charge is -2.08. The van der Waals surface area contributed by atoms with Gasteiger partial charge >= 0.3 is 5.97 Å². The normalized spacial score (nSPS) is 12.4. The number of hydrogen-bond donors (Lipinski definition) is 3. The Kier molecular flexibility index (Phi) is 3.48. The Morgan fingerprint density at radius 3 is 2.43 bits per heavy atom. The third-order valence-corrected chi connectivity index (χ3v) is 1.91. The van der Waals surface area contributed by atoms with Gasteiger partial charge in [-0.2, -0.15) is 0 Å². The molecule has 1 atom stereocenters. The van der Waals surface area contributed by atoms with Crippen molar-refractivity contribution < 1.29 is 9.90 Å². The molecule has 76 valence electrons. The summed E-state index contributed by atoms with van der Waals surface area (Å²) in [4.78, 5) is 10.4. The highest BCUT2D eigenvalue weighted by Gasteiger charge is 2.08. The van der Waals surface area contributed by atoms with Crippen molar-refractivity contribution in [3.63, 3.8) is 0 Å². The van der Waals surface area contributed by atoms with Gasteiger partial charge in [-0.25, -0.2) is 0 Å². The van der Waals surface area contributed by atoms with Gasteiger partial charge in [0.15, 0.2) is 0 Å². The molecule has 5 N–H and O–H groups in total. The summed E-state index contributed by atoms with van der Waals surface area (Å²) in [6, 6.07) is 6.94. The number of carboxylic acid groups (broad SMARTS) is 1. The quantitative estimate of drug-likeness (QED) is 0.613. The Bertz CT molecular complexity index is 308. The standard InChI is InChI=1S/C10H14N2O2/c11-8-3-1-7(2-4-8)5-9(12)6-10(13)14/h1-4,9H,5-6,11-12H2,(H,13,14). The van der Waals surface area contributed by atoms with Crippen molar-refractivity contribution in [1.82, 2.24) is 0 Å². The maximum atomic E-state index is 10.4. The number of hydrogen-bond acceptors (Lipinski definition) is 3. The monoisotopic (exact) mass is 194 g/mol. The van der Waals surface area contributed by atoms with Crippen molar-refractivity contribution in [3.05, 3.63) is 29.8 Å². The molecule has 0 spiro atoms. The minimum atomic E-state index is -0.868. The van der Waals surface area contributed by atoms with Gasteiger partial charge in [0, 0.05) is 11.7 Å². The fourth-order valence-electron chi connectivity index (χ4n) is 1.25. The van der Waals surface area contributed by atoms with E-state index in [2.05, 4.69) is 0 Å². The third-order valence-electron chi connectivity index (χ3n) is 1.91. The summed E-state index contributed by atoms with van der Waals surface area (Å²) < 4.78 is 0. The van der Waals surface area contributed by atoms with Crippen LogP contribution in [0.1, 0.15) is 12.0 Å². The summed E-state index contributed by atoms with van der Waals surface area (Å²) in [7, 11) is 0. The number of carboxylic acids is 1. The van der Waals surface area contributed by atoms with Gasteiger partial charge in [-0.3, -0.25) is 4.79 Å². The van der Waals surface area contributed by atoms with E-state index in [0.29, 0.717) is 12.1 Å². The van der Waals surface area contributed by atoms with E-state index in [1.807, 2.05) is 12.1 Å². The SMILES string of the molecule is Nc1ccc(CC(N)CC(=O)O)cc1. The Hall–Kier alpha value is -1.55. The Balaban J connectivity index is 2.51. The van der Waals surface area contributed by atoms with Crippen molar-refractivity contribution in [2.24, 2.45) is 5.73 Å². The highest BCUT2D eigenvalue weighted by atomic mass is 16.4. The maximum Gasteiger partial charge on any atom is 0.304 e. The number of anilines is 1. The van der Waals surface area contributed by atoms with Crippen molar-refractivity contribution in [3.8, 4) is 0 Å². The van der Waals surface area contributed by atoms with Crippen LogP contribution >= 0.6 is 0 Å². The molecule has 0 aromatic heterocycles. The first-order valence-electron chi connectivity index (χ1n) is 4.39. The van der Waals surface area contributed by atoms with E-state index in [-0.39, 0.29) is 12.5 Å². The van der Waals surface area contributed by atoms with Gasteiger partial charge < -0.3 is 16.6 Å². The molecule has 0 saturated carbocycles. The predicted octanol–water partition coefficient (Wildman–Crippen LogP) is 0.613. The summed E-state index contributed by atoms with van der Waals surface area (Å²) in [5.41, 5.74) is 12.8. The molecule has 1 unspecified atom stereocenters. The predicted molar refractivity (Wildman–Crippen MR) is 54.8 cm³/mol. The van der Waals surface area contributed by atoms with Gasteiger partial charge in [-0.05, 0) is 24.1 Å². The van der Waals surface area contributed by atoms with Crippen molar-refractivity contribution in [1.29, 1.82) is 0 Å². The average molecular weight is 194 g/mol. The lowest BCUT2D eigenvalue weighted by atomic mass is 10.0. The molecule has 0 radical (unpaired) electrons. The van der Waals surface area contributed by atoms with E-state index in [9.17, 15) is 4.79 Å². The zero-order valence-electron chi connectivity index (χ0n) is 7.81. The van der Waals surface area contributed by atoms with Gasteiger partial charge in [-0.1, -0.05) is 12.1 Å². The van der Waals surface area contributed by atoms with E-state index < -0.39 is 5.97 Å². The van der Waals surface area contributed by atoms with Crippen LogP contribution in [0.3, 0.4) is 0 Å². The molecular weight excluding hydrogens is 180 g/mol. The van der Waals surface area contributed by atoms with E-state index in [4.69, 9.17) is 16.6 Å². The van der Waals surface area contributed by atoms with Crippen LogP contribution in [0.2, 0.25) is 0 Å². The van der Waals surface area contributed by atoms with Crippen LogP contribution in [-0.2, 0) is 11.2 Å². The molecule has 0 fully saturated rings. The number of nitrogen functional groups attached to an aromatic ring is 1. The molecule has 1 aromatic rings. The molecule has 4 heteroatoms. The number of benzene rings is 1. The van der Waals surface area contributed by atoms with Crippen LogP contribution in [-0.4, -0.2) is 17.1 Å².